The summed E-state index contributed by atoms with van der Waals surface area (Å²) >= 11 is 0. The second-order valence-electron chi connectivity index (χ2n) is 7.49. The van der Waals surface area contributed by atoms with Crippen LogP contribution in [0.15, 0.2) is 27.8 Å². The van der Waals surface area contributed by atoms with E-state index in [-0.39, 0.29) is 24.7 Å². The van der Waals surface area contributed by atoms with Gasteiger partial charge in [-0.1, -0.05) is 0 Å². The van der Waals surface area contributed by atoms with Gasteiger partial charge in [-0.2, -0.15) is 0 Å². The average Bonchev–Trinajstić information content (AvgIpc) is 3.15. The Kier molecular flexibility index (Phi) is 5.86. The van der Waals surface area contributed by atoms with E-state index in [9.17, 15) is 14.7 Å². The average molecular weight is 430 g/mol. The van der Waals surface area contributed by atoms with E-state index in [1.165, 1.54) is 14.1 Å². The van der Waals surface area contributed by atoms with Gasteiger partial charge in [0.15, 0.2) is 0 Å². The van der Waals surface area contributed by atoms with Gasteiger partial charge in [-0.25, -0.2) is 4.79 Å². The molecular formula is C21H26N4O6. The highest BCUT2D eigenvalue weighted by atomic mass is 16.5. The van der Waals surface area contributed by atoms with Crippen LogP contribution in [-0.4, -0.2) is 57.3 Å². The minimum Gasteiger partial charge on any atom is -0.494 e. The van der Waals surface area contributed by atoms with Crippen LogP contribution in [0.1, 0.15) is 22.9 Å². The number of aliphatic hydroxyl groups is 1. The lowest BCUT2D eigenvalue weighted by Crippen LogP contribution is -2.42. The first-order valence-electron chi connectivity index (χ1n) is 10.1. The topological polar surface area (TPSA) is 131 Å². The summed E-state index contributed by atoms with van der Waals surface area (Å²) in [5.41, 5.74) is 1.74. The third-order valence-electron chi connectivity index (χ3n) is 5.61. The Morgan fingerprint density at radius 3 is 2.74 bits per heavy atom. The Balaban J connectivity index is 1.71. The monoisotopic (exact) mass is 430 g/mol. The molecule has 0 amide bonds. The van der Waals surface area contributed by atoms with Crippen LogP contribution in [0.5, 0.6) is 11.6 Å². The second-order valence-corrected chi connectivity index (χ2v) is 7.49. The Bertz CT molecular complexity index is 1230. The summed E-state index contributed by atoms with van der Waals surface area (Å²) in [5.74, 6) is 0.349. The number of benzene rings is 1. The number of rotatable bonds is 7. The lowest BCUT2D eigenvalue weighted by atomic mass is 9.95. The minimum absolute atomic E-state index is 0.0229. The first kappa shape index (κ1) is 21.2. The van der Waals surface area contributed by atoms with Gasteiger partial charge in [0, 0.05) is 37.2 Å². The zero-order valence-electron chi connectivity index (χ0n) is 17.5. The molecule has 1 unspecified atom stereocenters. The van der Waals surface area contributed by atoms with Crippen LogP contribution in [0.4, 0.5) is 0 Å². The number of H-pyrrole nitrogens is 1. The normalized spacial score (nSPS) is 15.9. The van der Waals surface area contributed by atoms with E-state index in [1.54, 1.807) is 0 Å². The standard InChI is InChI=1S/C21H26N4O6/c1-24-19(27)16(20(28)25(2)21(24)29)18-17-13(5-6-22-18)14-11-12(3-4-15(14)23-17)31-10-9-30-8-7-26/h3-4,11,18,22-23,26-27H,5-10H2,1-2H3. The summed E-state index contributed by atoms with van der Waals surface area (Å²) in [4.78, 5) is 28.3. The first-order chi connectivity index (χ1) is 14.9. The summed E-state index contributed by atoms with van der Waals surface area (Å²) in [6, 6.07) is 5.13. The predicted molar refractivity (Wildman–Crippen MR) is 114 cm³/mol. The van der Waals surface area contributed by atoms with Crippen molar-refractivity contribution in [3.63, 3.8) is 0 Å². The molecule has 10 heteroatoms. The van der Waals surface area contributed by atoms with Crippen LogP contribution >= 0.6 is 0 Å². The SMILES string of the molecule is Cn1c(O)c(C2NCCc3c2[nH]c2ccc(OCCOCCO)cc32)c(=O)n(C)c1=O. The van der Waals surface area contributed by atoms with Gasteiger partial charge >= 0.3 is 5.69 Å². The third kappa shape index (κ3) is 3.73. The minimum atomic E-state index is -0.580. The van der Waals surface area contributed by atoms with Crippen molar-refractivity contribution < 1.29 is 19.7 Å². The molecule has 0 spiro atoms. The van der Waals surface area contributed by atoms with E-state index in [1.807, 2.05) is 18.2 Å². The van der Waals surface area contributed by atoms with Crippen LogP contribution in [-0.2, 0) is 25.3 Å². The molecule has 3 aromatic rings. The van der Waals surface area contributed by atoms with Crippen molar-refractivity contribution in [2.75, 3.05) is 33.0 Å². The summed E-state index contributed by atoms with van der Waals surface area (Å²) < 4.78 is 13.0. The Morgan fingerprint density at radius 2 is 1.97 bits per heavy atom. The summed E-state index contributed by atoms with van der Waals surface area (Å²) in [5, 5.41) is 23.6. The molecule has 10 nitrogen and oxygen atoms in total. The van der Waals surface area contributed by atoms with Crippen LogP contribution in [0.3, 0.4) is 0 Å². The molecule has 31 heavy (non-hydrogen) atoms. The Morgan fingerprint density at radius 1 is 1.16 bits per heavy atom. The van der Waals surface area contributed by atoms with Gasteiger partial charge in [-0.3, -0.25) is 13.9 Å². The molecule has 1 aromatic carbocycles. The number of aromatic amines is 1. The molecule has 0 saturated carbocycles. The van der Waals surface area contributed by atoms with Crippen molar-refractivity contribution >= 4 is 10.9 Å². The van der Waals surface area contributed by atoms with E-state index in [4.69, 9.17) is 14.6 Å². The lowest BCUT2D eigenvalue weighted by molar-refractivity contribution is 0.0705. The molecule has 3 heterocycles. The molecule has 0 saturated heterocycles. The highest BCUT2D eigenvalue weighted by molar-refractivity contribution is 5.86. The number of fused-ring (bicyclic) bond motifs is 3. The quantitative estimate of drug-likeness (QED) is 0.385. The molecule has 0 bridgehead atoms. The number of aromatic nitrogens is 3. The van der Waals surface area contributed by atoms with Crippen molar-refractivity contribution in [3.8, 4) is 11.6 Å². The van der Waals surface area contributed by atoms with Crippen molar-refractivity contribution in [1.29, 1.82) is 0 Å². The number of aromatic hydroxyl groups is 1. The van der Waals surface area contributed by atoms with E-state index in [0.717, 1.165) is 37.7 Å². The zero-order chi connectivity index (χ0) is 22.1. The van der Waals surface area contributed by atoms with E-state index in [2.05, 4.69) is 10.3 Å². The van der Waals surface area contributed by atoms with E-state index in [0.29, 0.717) is 25.5 Å². The molecular weight excluding hydrogens is 404 g/mol. The van der Waals surface area contributed by atoms with E-state index >= 15 is 0 Å². The fourth-order valence-corrected chi connectivity index (χ4v) is 4.04. The number of hydrogen-bond acceptors (Lipinski definition) is 7. The smallest absolute Gasteiger partial charge is 0.333 e. The largest absolute Gasteiger partial charge is 0.494 e. The highest BCUT2D eigenvalue weighted by Gasteiger charge is 2.31. The molecule has 1 aliphatic heterocycles. The lowest BCUT2D eigenvalue weighted by Gasteiger charge is -2.25. The molecule has 2 aromatic heterocycles. The molecule has 1 aliphatic rings. The maximum atomic E-state index is 12.8. The van der Waals surface area contributed by atoms with Gasteiger partial charge in [0.2, 0.25) is 5.88 Å². The second kappa shape index (κ2) is 8.58. The Hall–Kier alpha value is -3.08. The highest BCUT2D eigenvalue weighted by Crippen LogP contribution is 2.36. The third-order valence-corrected chi connectivity index (χ3v) is 5.61. The fourth-order valence-electron chi connectivity index (χ4n) is 4.04. The summed E-state index contributed by atoms with van der Waals surface area (Å²) in [6.07, 6.45) is 0.738. The van der Waals surface area contributed by atoms with Gasteiger partial charge in [-0.05, 0) is 30.2 Å². The molecule has 0 radical (unpaired) electrons. The van der Waals surface area contributed by atoms with Gasteiger partial charge in [0.05, 0.1) is 25.9 Å². The van der Waals surface area contributed by atoms with Gasteiger partial charge in [-0.15, -0.1) is 0 Å². The number of hydrogen-bond donors (Lipinski definition) is 4. The van der Waals surface area contributed by atoms with E-state index < -0.39 is 17.3 Å². The Labute approximate surface area is 177 Å². The van der Waals surface area contributed by atoms with Crippen LogP contribution < -0.4 is 21.3 Å². The van der Waals surface area contributed by atoms with Gasteiger partial charge < -0.3 is 30.0 Å². The zero-order valence-corrected chi connectivity index (χ0v) is 17.5. The molecule has 0 fully saturated rings. The van der Waals surface area contributed by atoms with Crippen LogP contribution in [0.2, 0.25) is 0 Å². The number of nitrogens with one attached hydrogen (secondary N) is 2. The van der Waals surface area contributed by atoms with Crippen molar-refractivity contribution in [3.05, 3.63) is 55.9 Å². The first-order valence-corrected chi connectivity index (χ1v) is 10.1. The summed E-state index contributed by atoms with van der Waals surface area (Å²) in [7, 11) is 2.83. The van der Waals surface area contributed by atoms with Crippen LogP contribution in [0.25, 0.3) is 10.9 Å². The molecule has 0 aliphatic carbocycles. The number of nitrogens with zero attached hydrogens (tertiary/aromatic N) is 2. The molecule has 166 valence electrons. The van der Waals surface area contributed by atoms with Gasteiger partial charge in [0.25, 0.3) is 5.56 Å². The maximum Gasteiger partial charge on any atom is 0.333 e. The molecule has 4 rings (SSSR count). The summed E-state index contributed by atoms with van der Waals surface area (Å²) in [6.45, 7) is 1.61. The van der Waals surface area contributed by atoms with Crippen LogP contribution in [0, 0.1) is 0 Å². The van der Waals surface area contributed by atoms with Crippen molar-refractivity contribution in [1.82, 2.24) is 19.4 Å². The van der Waals surface area contributed by atoms with Crippen molar-refractivity contribution in [2.45, 2.75) is 12.5 Å². The number of ether oxygens (including phenoxy) is 2. The van der Waals surface area contributed by atoms with Gasteiger partial charge in [0.1, 0.15) is 17.9 Å². The molecule has 1 atom stereocenters. The predicted octanol–water partition coefficient (Wildman–Crippen LogP) is -0.106. The molecule has 4 N–H and O–H groups in total. The number of aliphatic hydroxyl groups excluding tert-OH is 1. The van der Waals surface area contributed by atoms with Crippen molar-refractivity contribution in [2.24, 2.45) is 14.1 Å². The maximum absolute atomic E-state index is 12.8. The fraction of sp³-hybridized carbons (Fsp3) is 0.429.